The van der Waals surface area contributed by atoms with Crippen LogP contribution in [0.1, 0.15) is 5.76 Å². The zero-order valence-electron chi connectivity index (χ0n) is 15.1. The third-order valence-electron chi connectivity index (χ3n) is 4.10. The van der Waals surface area contributed by atoms with E-state index in [2.05, 4.69) is 37.2 Å². The SMILES string of the molecule is O=C1NC(=O)N(c2ccc(Br)cc2)C(=O)/C1=C/c1cc(Br)c(Sc2ccccc2)o1. The van der Waals surface area contributed by atoms with Crippen LogP contribution in [0, 0.1) is 0 Å². The molecule has 1 fully saturated rings. The molecule has 30 heavy (non-hydrogen) atoms. The van der Waals surface area contributed by atoms with Gasteiger partial charge in [0.1, 0.15) is 11.3 Å². The van der Waals surface area contributed by atoms with Gasteiger partial charge in [0.15, 0.2) is 5.09 Å². The highest BCUT2D eigenvalue weighted by Gasteiger charge is 2.37. The maximum Gasteiger partial charge on any atom is 0.335 e. The van der Waals surface area contributed by atoms with Gasteiger partial charge in [-0.15, -0.1) is 0 Å². The van der Waals surface area contributed by atoms with Gasteiger partial charge in [-0.2, -0.15) is 0 Å². The van der Waals surface area contributed by atoms with Crippen LogP contribution >= 0.6 is 43.6 Å². The zero-order chi connectivity index (χ0) is 21.3. The standard InChI is InChI=1S/C21H12Br2N2O4S/c22-12-6-8-13(9-7-12)25-19(27)16(18(26)24-21(25)28)10-14-11-17(23)20(29-14)30-15-4-2-1-3-5-15/h1-11H,(H,24,26,28)/b16-10+. The van der Waals surface area contributed by atoms with E-state index in [-0.39, 0.29) is 5.57 Å². The predicted molar refractivity (Wildman–Crippen MR) is 120 cm³/mol. The summed E-state index contributed by atoms with van der Waals surface area (Å²) in [5.41, 5.74) is 0.148. The van der Waals surface area contributed by atoms with Gasteiger partial charge in [-0.3, -0.25) is 14.9 Å². The third kappa shape index (κ3) is 4.28. The van der Waals surface area contributed by atoms with Crippen molar-refractivity contribution in [2.45, 2.75) is 9.99 Å². The molecule has 0 bridgehead atoms. The van der Waals surface area contributed by atoms with E-state index in [4.69, 9.17) is 4.42 Å². The van der Waals surface area contributed by atoms with Gasteiger partial charge >= 0.3 is 6.03 Å². The quantitative estimate of drug-likeness (QED) is 0.338. The van der Waals surface area contributed by atoms with E-state index in [1.807, 2.05) is 30.3 Å². The largest absolute Gasteiger partial charge is 0.449 e. The fourth-order valence-electron chi connectivity index (χ4n) is 2.73. The molecule has 0 spiro atoms. The molecule has 6 nitrogen and oxygen atoms in total. The third-order valence-corrected chi connectivity index (χ3v) is 6.48. The molecule has 1 aliphatic rings. The minimum Gasteiger partial charge on any atom is -0.449 e. The van der Waals surface area contributed by atoms with Gasteiger partial charge in [0.25, 0.3) is 11.8 Å². The Labute approximate surface area is 192 Å². The number of anilines is 1. The fourth-order valence-corrected chi connectivity index (χ4v) is 4.35. The summed E-state index contributed by atoms with van der Waals surface area (Å²) in [6, 6.07) is 17.1. The molecule has 9 heteroatoms. The molecule has 1 aliphatic heterocycles. The monoisotopic (exact) mass is 546 g/mol. The second-order valence-electron chi connectivity index (χ2n) is 6.13. The van der Waals surface area contributed by atoms with Gasteiger partial charge in [0.05, 0.1) is 10.2 Å². The minimum atomic E-state index is -0.801. The van der Waals surface area contributed by atoms with Crippen LogP contribution < -0.4 is 10.2 Å². The van der Waals surface area contributed by atoms with Crippen molar-refractivity contribution in [2.75, 3.05) is 4.90 Å². The molecule has 1 aromatic heterocycles. The number of hydrogen-bond donors (Lipinski definition) is 1. The summed E-state index contributed by atoms with van der Waals surface area (Å²) >= 11 is 8.15. The van der Waals surface area contributed by atoms with E-state index in [1.54, 1.807) is 30.3 Å². The highest BCUT2D eigenvalue weighted by Crippen LogP contribution is 2.36. The number of imide groups is 2. The van der Waals surface area contributed by atoms with Crippen molar-refractivity contribution in [1.82, 2.24) is 5.32 Å². The summed E-state index contributed by atoms with van der Waals surface area (Å²) in [6.07, 6.45) is 1.33. The summed E-state index contributed by atoms with van der Waals surface area (Å²) in [5.74, 6) is -1.19. The summed E-state index contributed by atoms with van der Waals surface area (Å²) < 4.78 is 7.28. The lowest BCUT2D eigenvalue weighted by Crippen LogP contribution is -2.54. The van der Waals surface area contributed by atoms with E-state index in [0.29, 0.717) is 21.0 Å². The fraction of sp³-hybridized carbons (Fsp3) is 0. The molecule has 0 radical (unpaired) electrons. The molecule has 1 saturated heterocycles. The number of nitrogens with one attached hydrogen (secondary N) is 1. The number of barbiturate groups is 1. The van der Waals surface area contributed by atoms with E-state index < -0.39 is 17.8 Å². The second-order valence-corrected chi connectivity index (χ2v) is 8.95. The average Bonchev–Trinajstić information content (AvgIpc) is 3.06. The number of nitrogens with zero attached hydrogens (tertiary/aromatic N) is 1. The van der Waals surface area contributed by atoms with Crippen molar-refractivity contribution in [1.29, 1.82) is 0 Å². The van der Waals surface area contributed by atoms with E-state index in [0.717, 1.165) is 14.3 Å². The van der Waals surface area contributed by atoms with Crippen LogP contribution in [-0.4, -0.2) is 17.8 Å². The Hall–Kier alpha value is -2.62. The maximum absolute atomic E-state index is 12.9. The number of carbonyl (C=O) groups is 3. The highest BCUT2D eigenvalue weighted by atomic mass is 79.9. The summed E-state index contributed by atoms with van der Waals surface area (Å²) in [4.78, 5) is 39.4. The molecular weight excluding hydrogens is 536 g/mol. The van der Waals surface area contributed by atoms with Crippen LogP contribution in [0.5, 0.6) is 0 Å². The second kappa shape index (κ2) is 8.63. The first-order valence-electron chi connectivity index (χ1n) is 8.61. The number of hydrogen-bond acceptors (Lipinski definition) is 5. The minimum absolute atomic E-state index is 0.199. The number of urea groups is 1. The van der Waals surface area contributed by atoms with Crippen molar-refractivity contribution >= 4 is 73.2 Å². The molecule has 0 aliphatic carbocycles. The topological polar surface area (TPSA) is 79.6 Å². The first-order chi connectivity index (χ1) is 14.4. The van der Waals surface area contributed by atoms with E-state index >= 15 is 0 Å². The normalized spacial score (nSPS) is 15.6. The highest BCUT2D eigenvalue weighted by molar-refractivity contribution is 9.10. The van der Waals surface area contributed by atoms with Crippen LogP contribution in [0.25, 0.3) is 6.08 Å². The van der Waals surface area contributed by atoms with Gasteiger partial charge in [-0.05, 0) is 64.5 Å². The molecule has 2 heterocycles. The van der Waals surface area contributed by atoms with Gasteiger partial charge in [0.2, 0.25) is 0 Å². The van der Waals surface area contributed by atoms with Crippen molar-refractivity contribution in [3.05, 3.63) is 80.9 Å². The van der Waals surface area contributed by atoms with E-state index in [9.17, 15) is 14.4 Å². The number of furan rings is 1. The van der Waals surface area contributed by atoms with Gasteiger partial charge in [0, 0.05) is 9.37 Å². The molecule has 4 amide bonds. The molecule has 150 valence electrons. The molecular formula is C21H12Br2N2O4S. The van der Waals surface area contributed by atoms with Crippen molar-refractivity contribution in [3.8, 4) is 0 Å². The summed E-state index contributed by atoms with van der Waals surface area (Å²) in [5, 5.41) is 2.77. The lowest BCUT2D eigenvalue weighted by molar-refractivity contribution is -0.122. The Bertz CT molecular complexity index is 1170. The first kappa shape index (κ1) is 20.6. The molecule has 0 saturated carbocycles. The average molecular weight is 548 g/mol. The number of rotatable bonds is 4. The predicted octanol–water partition coefficient (Wildman–Crippen LogP) is 5.62. The number of amides is 4. The lowest BCUT2D eigenvalue weighted by Gasteiger charge is -2.26. The van der Waals surface area contributed by atoms with Crippen LogP contribution in [0.2, 0.25) is 0 Å². The Balaban J connectivity index is 1.64. The molecule has 0 unspecified atom stereocenters. The van der Waals surface area contributed by atoms with E-state index in [1.165, 1.54) is 17.8 Å². The Morgan fingerprint density at radius 2 is 1.67 bits per heavy atom. The van der Waals surface area contributed by atoms with Crippen LogP contribution in [0.4, 0.5) is 10.5 Å². The smallest absolute Gasteiger partial charge is 0.335 e. The molecule has 0 atom stereocenters. The van der Waals surface area contributed by atoms with Crippen LogP contribution in [0.3, 0.4) is 0 Å². The maximum atomic E-state index is 12.9. The molecule has 1 N–H and O–H groups in total. The lowest BCUT2D eigenvalue weighted by atomic mass is 10.1. The summed E-state index contributed by atoms with van der Waals surface area (Å²) in [7, 11) is 0. The van der Waals surface area contributed by atoms with Crippen molar-refractivity contribution in [3.63, 3.8) is 0 Å². The molecule has 4 rings (SSSR count). The van der Waals surface area contributed by atoms with Gasteiger partial charge in [-0.1, -0.05) is 45.9 Å². The Kier molecular flexibility index (Phi) is 5.94. The van der Waals surface area contributed by atoms with Crippen molar-refractivity contribution in [2.24, 2.45) is 0 Å². The number of halogens is 2. The van der Waals surface area contributed by atoms with Crippen LogP contribution in [-0.2, 0) is 9.59 Å². The van der Waals surface area contributed by atoms with Crippen LogP contribution in [0.15, 0.2) is 89.6 Å². The Morgan fingerprint density at radius 1 is 0.967 bits per heavy atom. The zero-order valence-corrected chi connectivity index (χ0v) is 19.1. The van der Waals surface area contributed by atoms with Crippen molar-refractivity contribution < 1.29 is 18.8 Å². The Morgan fingerprint density at radius 3 is 2.37 bits per heavy atom. The molecule has 3 aromatic rings. The number of carbonyl (C=O) groups excluding carboxylic acids is 3. The molecule has 2 aromatic carbocycles. The summed E-state index contributed by atoms with van der Waals surface area (Å²) in [6.45, 7) is 0. The first-order valence-corrected chi connectivity index (χ1v) is 11.0. The van der Waals surface area contributed by atoms with Gasteiger partial charge < -0.3 is 4.42 Å². The van der Waals surface area contributed by atoms with Gasteiger partial charge in [-0.25, -0.2) is 9.69 Å². The number of benzene rings is 2.